The summed E-state index contributed by atoms with van der Waals surface area (Å²) in [5.74, 6) is -1.70. The van der Waals surface area contributed by atoms with Gasteiger partial charge in [-0.25, -0.2) is 9.59 Å². The van der Waals surface area contributed by atoms with Crippen LogP contribution in [-0.2, 0) is 23.8 Å². The third kappa shape index (κ3) is 9.56. The minimum atomic E-state index is -1.68. The van der Waals surface area contributed by atoms with Crippen LogP contribution in [0.5, 0.6) is 0 Å². The number of carbonyl (C=O) groups is 2. The molecule has 0 aliphatic heterocycles. The molecule has 0 aromatic heterocycles. The van der Waals surface area contributed by atoms with Crippen molar-refractivity contribution in [3.05, 3.63) is 0 Å². The number of aliphatic hydroxyl groups excluding tert-OH is 1. The average molecular weight is 332 g/mol. The van der Waals surface area contributed by atoms with Gasteiger partial charge in [0, 0.05) is 0 Å². The number of hydrogen-bond donors (Lipinski definition) is 1. The van der Waals surface area contributed by atoms with Crippen molar-refractivity contribution in [2.45, 2.75) is 83.5 Å². The standard InChI is InChI=1S/C17H32O6/c1-5-6-7-8-9-10-11-12-13(2)23-15(17(20)22-4)14(18)16(19)21-3/h13-15,18H,5-12H2,1-4H3/t13-,14+,15+/m0/s1. The predicted octanol–water partition coefficient (Wildman–Crippen LogP) is 2.61. The van der Waals surface area contributed by atoms with E-state index in [1.54, 1.807) is 0 Å². The van der Waals surface area contributed by atoms with E-state index in [0.29, 0.717) is 0 Å². The second-order valence-corrected chi connectivity index (χ2v) is 5.77. The molecular weight excluding hydrogens is 300 g/mol. The Kier molecular flexibility index (Phi) is 12.7. The minimum absolute atomic E-state index is 0.256. The highest BCUT2D eigenvalue weighted by molar-refractivity contribution is 5.85. The highest BCUT2D eigenvalue weighted by Crippen LogP contribution is 2.14. The minimum Gasteiger partial charge on any atom is -0.467 e. The molecule has 0 bridgehead atoms. The molecule has 0 spiro atoms. The fraction of sp³-hybridized carbons (Fsp3) is 0.882. The van der Waals surface area contributed by atoms with Gasteiger partial charge in [-0.3, -0.25) is 0 Å². The Hall–Kier alpha value is -1.14. The van der Waals surface area contributed by atoms with Crippen LogP contribution >= 0.6 is 0 Å². The van der Waals surface area contributed by atoms with E-state index in [4.69, 9.17) is 4.74 Å². The number of ether oxygens (including phenoxy) is 3. The van der Waals surface area contributed by atoms with Gasteiger partial charge in [-0.1, -0.05) is 51.9 Å². The summed E-state index contributed by atoms with van der Waals surface area (Å²) < 4.78 is 14.5. The molecule has 0 aliphatic carbocycles. The van der Waals surface area contributed by atoms with Gasteiger partial charge in [-0.05, 0) is 13.3 Å². The third-order valence-electron chi connectivity index (χ3n) is 3.76. The average Bonchev–Trinajstić information content (AvgIpc) is 2.56. The van der Waals surface area contributed by atoms with Crippen LogP contribution < -0.4 is 0 Å². The van der Waals surface area contributed by atoms with Crippen molar-refractivity contribution < 1.29 is 28.9 Å². The number of esters is 2. The van der Waals surface area contributed by atoms with Crippen LogP contribution in [0.15, 0.2) is 0 Å². The van der Waals surface area contributed by atoms with Gasteiger partial charge in [-0.15, -0.1) is 0 Å². The number of unbranched alkanes of at least 4 members (excludes halogenated alkanes) is 6. The molecule has 0 aromatic carbocycles. The molecule has 6 nitrogen and oxygen atoms in total. The van der Waals surface area contributed by atoms with E-state index in [1.165, 1.54) is 39.2 Å². The topological polar surface area (TPSA) is 82.1 Å². The van der Waals surface area contributed by atoms with Gasteiger partial charge in [0.2, 0.25) is 0 Å². The lowest BCUT2D eigenvalue weighted by molar-refractivity contribution is -0.179. The Bertz CT molecular complexity index is 331. The molecule has 0 rings (SSSR count). The summed E-state index contributed by atoms with van der Waals surface area (Å²) in [5.41, 5.74) is 0. The van der Waals surface area contributed by atoms with Crippen molar-refractivity contribution in [3.63, 3.8) is 0 Å². The summed E-state index contributed by atoms with van der Waals surface area (Å²) in [5, 5.41) is 9.82. The zero-order valence-corrected chi connectivity index (χ0v) is 14.9. The van der Waals surface area contributed by atoms with Crippen LogP contribution in [0.3, 0.4) is 0 Å². The summed E-state index contributed by atoms with van der Waals surface area (Å²) in [4.78, 5) is 23.1. The molecule has 0 saturated heterocycles. The lowest BCUT2D eigenvalue weighted by atomic mass is 10.1. The first-order chi connectivity index (χ1) is 11.0. The maximum Gasteiger partial charge on any atom is 0.338 e. The molecule has 23 heavy (non-hydrogen) atoms. The highest BCUT2D eigenvalue weighted by Gasteiger charge is 2.36. The molecule has 3 atom stereocenters. The van der Waals surface area contributed by atoms with Crippen LogP contribution in [0, 0.1) is 0 Å². The van der Waals surface area contributed by atoms with Crippen molar-refractivity contribution in [2.75, 3.05) is 14.2 Å². The van der Waals surface area contributed by atoms with Crippen LogP contribution in [0.4, 0.5) is 0 Å². The van der Waals surface area contributed by atoms with Crippen molar-refractivity contribution >= 4 is 11.9 Å². The zero-order valence-electron chi connectivity index (χ0n) is 14.9. The van der Waals surface area contributed by atoms with Gasteiger partial charge in [0.25, 0.3) is 0 Å². The molecule has 0 aliphatic rings. The second-order valence-electron chi connectivity index (χ2n) is 5.77. The fourth-order valence-electron chi connectivity index (χ4n) is 2.33. The Labute approximate surface area is 139 Å². The summed E-state index contributed by atoms with van der Waals surface area (Å²) >= 11 is 0. The van der Waals surface area contributed by atoms with E-state index in [1.807, 2.05) is 6.92 Å². The summed E-state index contributed by atoms with van der Waals surface area (Å²) in [7, 11) is 2.32. The lowest BCUT2D eigenvalue weighted by Gasteiger charge is -2.23. The van der Waals surface area contributed by atoms with Crippen molar-refractivity contribution in [1.29, 1.82) is 0 Å². The number of hydrogen-bond acceptors (Lipinski definition) is 6. The number of carbonyl (C=O) groups excluding carboxylic acids is 2. The van der Waals surface area contributed by atoms with Crippen molar-refractivity contribution in [2.24, 2.45) is 0 Å². The molecule has 0 radical (unpaired) electrons. The molecular formula is C17H32O6. The molecule has 0 heterocycles. The van der Waals surface area contributed by atoms with E-state index in [9.17, 15) is 14.7 Å². The molecule has 0 amide bonds. The monoisotopic (exact) mass is 332 g/mol. The Morgan fingerprint density at radius 1 is 0.913 bits per heavy atom. The van der Waals surface area contributed by atoms with E-state index in [2.05, 4.69) is 16.4 Å². The molecule has 1 N–H and O–H groups in total. The Balaban J connectivity index is 4.16. The second kappa shape index (κ2) is 13.3. The number of rotatable bonds is 13. The normalized spacial score (nSPS) is 14.8. The van der Waals surface area contributed by atoms with E-state index >= 15 is 0 Å². The summed E-state index contributed by atoms with van der Waals surface area (Å²) in [6.07, 6.45) is 5.80. The smallest absolute Gasteiger partial charge is 0.338 e. The largest absolute Gasteiger partial charge is 0.467 e. The summed E-state index contributed by atoms with van der Waals surface area (Å²) in [6, 6.07) is 0. The molecule has 0 fully saturated rings. The van der Waals surface area contributed by atoms with Gasteiger partial charge >= 0.3 is 11.9 Å². The maximum absolute atomic E-state index is 11.7. The molecule has 0 saturated carbocycles. The van der Waals surface area contributed by atoms with Crippen LogP contribution in [-0.4, -0.2) is 49.6 Å². The number of aliphatic hydroxyl groups is 1. The first-order valence-corrected chi connectivity index (χ1v) is 8.47. The first kappa shape index (κ1) is 21.9. The van der Waals surface area contributed by atoms with Gasteiger partial charge in [0.1, 0.15) is 0 Å². The van der Waals surface area contributed by atoms with Crippen LogP contribution in [0.2, 0.25) is 0 Å². The maximum atomic E-state index is 11.7. The SMILES string of the molecule is CCCCCCCCC[C@H](C)O[C@@H](C(=O)OC)[C@@H](O)C(=O)OC. The fourth-order valence-corrected chi connectivity index (χ4v) is 2.33. The van der Waals surface area contributed by atoms with Crippen LogP contribution in [0.1, 0.15) is 65.2 Å². The van der Waals surface area contributed by atoms with Gasteiger partial charge in [0.05, 0.1) is 20.3 Å². The van der Waals surface area contributed by atoms with E-state index in [-0.39, 0.29) is 6.10 Å². The quantitative estimate of drug-likeness (QED) is 0.412. The third-order valence-corrected chi connectivity index (χ3v) is 3.76. The summed E-state index contributed by atoms with van der Waals surface area (Å²) in [6.45, 7) is 4.01. The van der Waals surface area contributed by atoms with Gasteiger partial charge in [0.15, 0.2) is 12.2 Å². The van der Waals surface area contributed by atoms with Crippen molar-refractivity contribution in [1.82, 2.24) is 0 Å². The van der Waals surface area contributed by atoms with Gasteiger partial charge < -0.3 is 19.3 Å². The van der Waals surface area contributed by atoms with Crippen molar-refractivity contribution in [3.8, 4) is 0 Å². The Morgan fingerprint density at radius 2 is 1.43 bits per heavy atom. The lowest BCUT2D eigenvalue weighted by Crippen LogP contribution is -2.44. The zero-order chi connectivity index (χ0) is 17.7. The van der Waals surface area contributed by atoms with Crippen LogP contribution in [0.25, 0.3) is 0 Å². The van der Waals surface area contributed by atoms with E-state index in [0.717, 1.165) is 26.4 Å². The van der Waals surface area contributed by atoms with Gasteiger partial charge in [-0.2, -0.15) is 0 Å². The molecule has 6 heteroatoms. The molecule has 0 unspecified atom stereocenters. The molecule has 0 aromatic rings. The first-order valence-electron chi connectivity index (χ1n) is 8.47. The predicted molar refractivity (Wildman–Crippen MR) is 87.0 cm³/mol. The highest BCUT2D eigenvalue weighted by atomic mass is 16.6. The number of methoxy groups -OCH3 is 2. The molecule has 136 valence electrons. The Morgan fingerprint density at radius 3 is 1.96 bits per heavy atom. The van der Waals surface area contributed by atoms with E-state index < -0.39 is 24.1 Å².